The first-order valence-electron chi connectivity index (χ1n) is 3.03. The van der Waals surface area contributed by atoms with Gasteiger partial charge in [-0.25, -0.2) is 18.3 Å². The third-order valence-electron chi connectivity index (χ3n) is 0.625. The average Bonchev–Trinajstić information content (AvgIpc) is 1.65. The van der Waals surface area contributed by atoms with E-state index in [9.17, 15) is 18.3 Å². The standard InChI is InChI=1S/6H3N.H6O13P4/c;;;;;;1-14(2,3)11-16(7,8)13-17(9,10)12-15(4,5)6/h6*1H3;(H,7,8)(H,9,10)(H2,1,2,3)(H2,4,5,6). The van der Waals surface area contributed by atoms with E-state index in [1.165, 1.54) is 0 Å². The van der Waals surface area contributed by atoms with E-state index in [0.717, 1.165) is 0 Å². The monoisotopic (exact) mass is 440 g/mol. The molecule has 0 aromatic heterocycles. The molecule has 0 radical (unpaired) electrons. The molecule has 0 heterocycles. The summed E-state index contributed by atoms with van der Waals surface area (Å²) in [4.78, 5) is 49.4. The molecule has 0 saturated heterocycles. The normalized spacial score (nSPS) is 15.2. The number of rotatable bonds is 6. The number of phosphoric acid groups is 4. The lowest BCUT2D eigenvalue weighted by molar-refractivity contribution is 0.194. The Bertz CT molecular complexity index is 421. The summed E-state index contributed by atoms with van der Waals surface area (Å²) >= 11 is 0. The molecule has 0 aromatic carbocycles. The molecule has 0 aliphatic carbocycles. The van der Waals surface area contributed by atoms with Crippen molar-refractivity contribution in [2.45, 2.75) is 0 Å². The van der Waals surface area contributed by atoms with Gasteiger partial charge >= 0.3 is 31.3 Å². The zero-order chi connectivity index (χ0) is 14.1. The zero-order valence-electron chi connectivity index (χ0n) is 11.6. The van der Waals surface area contributed by atoms with Crippen LogP contribution < -0.4 is 36.9 Å². The molecule has 0 rings (SSSR count). The van der Waals surface area contributed by atoms with Gasteiger partial charge in [0.25, 0.3) is 0 Å². The Labute approximate surface area is 129 Å². The van der Waals surface area contributed by atoms with Gasteiger partial charge in [0.1, 0.15) is 0 Å². The average molecular weight is 440 g/mol. The van der Waals surface area contributed by atoms with Crippen molar-refractivity contribution in [1.82, 2.24) is 36.9 Å². The molecule has 0 fully saturated rings. The maximum atomic E-state index is 10.7. The highest BCUT2D eigenvalue weighted by Gasteiger charge is 2.43. The van der Waals surface area contributed by atoms with Gasteiger partial charge in [-0.2, -0.15) is 12.9 Å². The summed E-state index contributed by atoms with van der Waals surface area (Å²) in [6.45, 7) is 0. The molecule has 0 aromatic rings. The van der Waals surface area contributed by atoms with Crippen molar-refractivity contribution in [3.05, 3.63) is 0 Å². The Morgan fingerprint density at radius 1 is 0.435 bits per heavy atom. The van der Waals surface area contributed by atoms with E-state index in [2.05, 4.69) is 12.9 Å². The van der Waals surface area contributed by atoms with Crippen LogP contribution in [0.2, 0.25) is 0 Å². The second kappa shape index (κ2) is 13.6. The number of hydrogen-bond donors (Lipinski definition) is 12. The van der Waals surface area contributed by atoms with Gasteiger partial charge in [-0.3, -0.25) is 0 Å². The minimum absolute atomic E-state index is 0. The summed E-state index contributed by atoms with van der Waals surface area (Å²) in [5.74, 6) is 0. The Balaban J connectivity index is -0.0000000853. The van der Waals surface area contributed by atoms with E-state index in [4.69, 9.17) is 29.4 Å². The molecule has 152 valence electrons. The Hall–Kier alpha value is 0.320. The fourth-order valence-corrected chi connectivity index (χ4v) is 4.40. The lowest BCUT2D eigenvalue weighted by atomic mass is 14.0. The van der Waals surface area contributed by atoms with Gasteiger partial charge < -0.3 is 66.3 Å². The quantitative estimate of drug-likeness (QED) is 0.248. The highest BCUT2D eigenvalue weighted by atomic mass is 31.3. The highest BCUT2D eigenvalue weighted by Crippen LogP contribution is 2.69. The summed E-state index contributed by atoms with van der Waals surface area (Å²) in [6.07, 6.45) is 0. The van der Waals surface area contributed by atoms with Crippen LogP contribution in [0.1, 0.15) is 0 Å². The van der Waals surface area contributed by atoms with Crippen LogP contribution in [0.4, 0.5) is 0 Å². The first kappa shape index (κ1) is 43.6. The molecule has 0 aliphatic rings. The van der Waals surface area contributed by atoms with Crippen molar-refractivity contribution >= 4 is 31.3 Å². The third-order valence-corrected chi connectivity index (χ3v) is 5.63. The van der Waals surface area contributed by atoms with Gasteiger partial charge in [0.2, 0.25) is 0 Å². The molecule has 23 heteroatoms. The van der Waals surface area contributed by atoms with Gasteiger partial charge in [0, 0.05) is 0 Å². The van der Waals surface area contributed by atoms with Crippen molar-refractivity contribution < 1.29 is 60.6 Å². The zero-order valence-corrected chi connectivity index (χ0v) is 15.2. The number of hydrogen-bond acceptors (Lipinski definition) is 13. The fraction of sp³-hybridized carbons (Fsp3) is 0. The highest BCUT2D eigenvalue weighted by molar-refractivity contribution is 7.69. The van der Waals surface area contributed by atoms with Gasteiger partial charge in [-0.1, -0.05) is 0 Å². The Morgan fingerprint density at radius 3 is 0.739 bits per heavy atom. The first-order valence-corrected chi connectivity index (χ1v) is 9.08. The van der Waals surface area contributed by atoms with E-state index < -0.39 is 31.3 Å². The molecule has 23 heavy (non-hydrogen) atoms. The lowest BCUT2D eigenvalue weighted by Gasteiger charge is -2.15. The van der Waals surface area contributed by atoms with E-state index in [1.807, 2.05) is 0 Å². The third kappa shape index (κ3) is 27.5. The maximum absolute atomic E-state index is 10.7. The predicted octanol–water partition coefficient (Wildman–Crippen LogP) is 0.394. The summed E-state index contributed by atoms with van der Waals surface area (Å²) < 4.78 is 50.9. The van der Waals surface area contributed by atoms with Crippen molar-refractivity contribution in [2.24, 2.45) is 0 Å². The van der Waals surface area contributed by atoms with E-state index >= 15 is 0 Å². The molecular formula is H24N6O13P4. The minimum atomic E-state index is -5.77. The van der Waals surface area contributed by atoms with Crippen LogP contribution in [0.3, 0.4) is 0 Å². The first-order chi connectivity index (χ1) is 7.12. The molecule has 0 amide bonds. The van der Waals surface area contributed by atoms with E-state index in [-0.39, 0.29) is 36.9 Å². The Kier molecular flexibility index (Phi) is 25.8. The summed E-state index contributed by atoms with van der Waals surface area (Å²) in [7, 11) is -22.6. The van der Waals surface area contributed by atoms with Crippen LogP contribution in [0, 0.1) is 0 Å². The van der Waals surface area contributed by atoms with Crippen LogP contribution in [0.25, 0.3) is 0 Å². The molecular weight excluding hydrogens is 416 g/mol. The second-order valence-corrected chi connectivity index (χ2v) is 7.96. The maximum Gasteiger partial charge on any atom is 0.490 e. The van der Waals surface area contributed by atoms with Crippen LogP contribution in [0.15, 0.2) is 0 Å². The summed E-state index contributed by atoms with van der Waals surface area (Å²) in [5, 5.41) is 0. The van der Waals surface area contributed by atoms with E-state index in [0.29, 0.717) is 0 Å². The van der Waals surface area contributed by atoms with Crippen molar-refractivity contribution in [1.29, 1.82) is 0 Å². The molecule has 24 N–H and O–H groups in total. The van der Waals surface area contributed by atoms with Crippen molar-refractivity contribution in [2.75, 3.05) is 0 Å². The predicted molar refractivity (Wildman–Crippen MR) is 77.1 cm³/mol. The largest absolute Gasteiger partial charge is 0.490 e. The SMILES string of the molecule is N.N.N.N.N.N.O=P(O)(O)OP(=O)(O)OP(=O)(O)OP(=O)(O)O. The van der Waals surface area contributed by atoms with Crippen molar-refractivity contribution in [3.8, 4) is 0 Å². The molecule has 19 nitrogen and oxygen atoms in total. The fourth-order valence-electron chi connectivity index (χ4n) is 0.429. The Morgan fingerprint density at radius 2 is 0.609 bits per heavy atom. The van der Waals surface area contributed by atoms with Gasteiger partial charge in [0.15, 0.2) is 0 Å². The summed E-state index contributed by atoms with van der Waals surface area (Å²) in [6, 6.07) is 0. The molecule has 0 bridgehead atoms. The van der Waals surface area contributed by atoms with Crippen molar-refractivity contribution in [3.63, 3.8) is 0 Å². The molecule has 0 aliphatic heterocycles. The molecule has 0 saturated carbocycles. The van der Waals surface area contributed by atoms with Crippen LogP contribution in [0.5, 0.6) is 0 Å². The summed E-state index contributed by atoms with van der Waals surface area (Å²) in [5.41, 5.74) is 0. The second-order valence-electron chi connectivity index (χ2n) is 2.16. The van der Waals surface area contributed by atoms with Gasteiger partial charge in [-0.05, 0) is 0 Å². The molecule has 2 unspecified atom stereocenters. The van der Waals surface area contributed by atoms with Crippen LogP contribution in [-0.2, 0) is 31.2 Å². The topological polar surface area (TPSA) is 427 Å². The van der Waals surface area contributed by atoms with Crippen LogP contribution >= 0.6 is 31.3 Å². The van der Waals surface area contributed by atoms with Gasteiger partial charge in [-0.15, -0.1) is 0 Å². The molecule has 2 atom stereocenters. The smallest absolute Gasteiger partial charge is 0.344 e. The van der Waals surface area contributed by atoms with Crippen LogP contribution in [-0.4, -0.2) is 29.4 Å². The van der Waals surface area contributed by atoms with E-state index in [1.54, 1.807) is 0 Å². The lowest BCUT2D eigenvalue weighted by Crippen LogP contribution is -1.95. The minimum Gasteiger partial charge on any atom is -0.344 e. The molecule has 0 spiro atoms. The van der Waals surface area contributed by atoms with Gasteiger partial charge in [0.05, 0.1) is 0 Å².